The SMILES string of the molecule is CC(C)(C)OC(=O)NC[C@@H]1CCC[C@@H](OC(=O)O)C1. The Labute approximate surface area is 113 Å². The van der Waals surface area contributed by atoms with Crippen molar-refractivity contribution in [3.63, 3.8) is 0 Å². The lowest BCUT2D eigenvalue weighted by molar-refractivity contribution is 0.0225. The molecular formula is C13H23NO5. The summed E-state index contributed by atoms with van der Waals surface area (Å²) < 4.78 is 9.93. The van der Waals surface area contributed by atoms with Crippen molar-refractivity contribution in [3.8, 4) is 0 Å². The number of rotatable bonds is 3. The Hall–Kier alpha value is -1.46. The molecule has 1 saturated carbocycles. The van der Waals surface area contributed by atoms with Crippen molar-refractivity contribution in [2.75, 3.05) is 6.54 Å². The van der Waals surface area contributed by atoms with Crippen molar-refractivity contribution in [1.82, 2.24) is 5.32 Å². The van der Waals surface area contributed by atoms with Gasteiger partial charge in [0.1, 0.15) is 11.7 Å². The lowest BCUT2D eigenvalue weighted by Gasteiger charge is -2.28. The number of amides is 1. The van der Waals surface area contributed by atoms with E-state index in [0.29, 0.717) is 13.0 Å². The third-order valence-electron chi connectivity index (χ3n) is 2.94. The highest BCUT2D eigenvalue weighted by Gasteiger charge is 2.25. The van der Waals surface area contributed by atoms with Gasteiger partial charge in [0, 0.05) is 6.54 Å². The first-order valence-corrected chi connectivity index (χ1v) is 6.62. The minimum Gasteiger partial charge on any atom is -0.450 e. The predicted molar refractivity (Wildman–Crippen MR) is 69.1 cm³/mol. The zero-order valence-electron chi connectivity index (χ0n) is 11.8. The normalized spacial score (nSPS) is 23.5. The van der Waals surface area contributed by atoms with Gasteiger partial charge in [-0.2, -0.15) is 0 Å². The van der Waals surface area contributed by atoms with E-state index < -0.39 is 17.8 Å². The van der Waals surface area contributed by atoms with Crippen LogP contribution in [0.1, 0.15) is 46.5 Å². The Morgan fingerprint density at radius 1 is 1.32 bits per heavy atom. The number of alkyl carbamates (subject to hydrolysis) is 1. The third kappa shape index (κ3) is 6.88. The predicted octanol–water partition coefficient (Wildman–Crippen LogP) is 2.76. The Morgan fingerprint density at radius 3 is 2.58 bits per heavy atom. The Bertz CT molecular complexity index is 323. The topological polar surface area (TPSA) is 84.9 Å². The van der Waals surface area contributed by atoms with Gasteiger partial charge >= 0.3 is 12.2 Å². The summed E-state index contributed by atoms with van der Waals surface area (Å²) in [7, 11) is 0. The largest absolute Gasteiger partial charge is 0.506 e. The lowest BCUT2D eigenvalue weighted by atomic mass is 9.87. The zero-order chi connectivity index (χ0) is 14.5. The van der Waals surface area contributed by atoms with Gasteiger partial charge < -0.3 is 19.9 Å². The minimum atomic E-state index is -1.23. The molecule has 2 atom stereocenters. The number of ether oxygens (including phenoxy) is 2. The molecule has 0 saturated heterocycles. The molecule has 0 unspecified atom stereocenters. The van der Waals surface area contributed by atoms with Crippen LogP contribution in [0.15, 0.2) is 0 Å². The molecule has 0 radical (unpaired) electrons. The molecule has 0 aliphatic heterocycles. The van der Waals surface area contributed by atoms with E-state index in [2.05, 4.69) is 5.32 Å². The van der Waals surface area contributed by atoms with E-state index >= 15 is 0 Å². The van der Waals surface area contributed by atoms with Crippen molar-refractivity contribution >= 4 is 12.2 Å². The van der Waals surface area contributed by atoms with Crippen LogP contribution in [0.3, 0.4) is 0 Å². The van der Waals surface area contributed by atoms with Crippen LogP contribution in [-0.4, -0.2) is 35.6 Å². The quantitative estimate of drug-likeness (QED) is 0.772. The second kappa shape index (κ2) is 6.63. The standard InChI is InChI=1S/C13H23NO5/c1-13(2,3)19-11(15)14-8-9-5-4-6-10(7-9)18-12(16)17/h9-10H,4-8H2,1-3H3,(H,14,15)(H,16,17)/t9-,10-/m1/s1. The van der Waals surface area contributed by atoms with Gasteiger partial charge in [-0.1, -0.05) is 0 Å². The lowest BCUT2D eigenvalue weighted by Crippen LogP contribution is -2.37. The summed E-state index contributed by atoms with van der Waals surface area (Å²) in [5.74, 6) is 0.241. The molecule has 1 aliphatic carbocycles. The summed E-state index contributed by atoms with van der Waals surface area (Å²) in [4.78, 5) is 22.0. The van der Waals surface area contributed by atoms with Crippen LogP contribution in [0.4, 0.5) is 9.59 Å². The molecule has 0 heterocycles. The second-order valence-electron chi connectivity index (χ2n) is 5.92. The number of carbonyl (C=O) groups is 2. The number of nitrogens with one attached hydrogen (secondary N) is 1. The van der Waals surface area contributed by atoms with E-state index in [4.69, 9.17) is 14.6 Å². The summed E-state index contributed by atoms with van der Waals surface area (Å²) in [5.41, 5.74) is -0.508. The van der Waals surface area contributed by atoms with E-state index in [-0.39, 0.29) is 12.0 Å². The van der Waals surface area contributed by atoms with Crippen LogP contribution < -0.4 is 5.32 Å². The number of hydrogen-bond donors (Lipinski definition) is 2. The van der Waals surface area contributed by atoms with Crippen molar-refractivity contribution in [1.29, 1.82) is 0 Å². The second-order valence-corrected chi connectivity index (χ2v) is 5.92. The van der Waals surface area contributed by atoms with Crippen LogP contribution in [0.25, 0.3) is 0 Å². The molecule has 110 valence electrons. The van der Waals surface area contributed by atoms with Gasteiger partial charge in [-0.3, -0.25) is 0 Å². The van der Waals surface area contributed by atoms with Gasteiger partial charge in [-0.05, 0) is 52.4 Å². The average molecular weight is 273 g/mol. The van der Waals surface area contributed by atoms with Crippen LogP contribution in [0.2, 0.25) is 0 Å². The van der Waals surface area contributed by atoms with E-state index in [1.54, 1.807) is 0 Å². The van der Waals surface area contributed by atoms with Gasteiger partial charge in [0.15, 0.2) is 0 Å². The molecule has 19 heavy (non-hydrogen) atoms. The van der Waals surface area contributed by atoms with E-state index in [1.807, 2.05) is 20.8 Å². The van der Waals surface area contributed by atoms with E-state index in [9.17, 15) is 9.59 Å². The molecule has 0 spiro atoms. The summed E-state index contributed by atoms with van der Waals surface area (Å²) in [6, 6.07) is 0. The number of carbonyl (C=O) groups excluding carboxylic acids is 1. The van der Waals surface area contributed by atoms with Crippen molar-refractivity contribution in [2.45, 2.75) is 58.2 Å². The minimum absolute atomic E-state index is 0.241. The fourth-order valence-corrected chi connectivity index (χ4v) is 2.22. The smallest absolute Gasteiger partial charge is 0.450 e. The molecule has 1 amide bonds. The molecular weight excluding hydrogens is 250 g/mol. The molecule has 0 aromatic carbocycles. The van der Waals surface area contributed by atoms with Crippen molar-refractivity contribution in [3.05, 3.63) is 0 Å². The summed E-state index contributed by atoms with van der Waals surface area (Å²) in [5, 5.41) is 11.3. The first-order chi connectivity index (χ1) is 8.76. The maximum Gasteiger partial charge on any atom is 0.506 e. The van der Waals surface area contributed by atoms with Gasteiger partial charge in [0.05, 0.1) is 0 Å². The van der Waals surface area contributed by atoms with Crippen LogP contribution in [-0.2, 0) is 9.47 Å². The summed E-state index contributed by atoms with van der Waals surface area (Å²) in [6.07, 6.45) is 1.38. The molecule has 0 aromatic rings. The monoisotopic (exact) mass is 273 g/mol. The molecule has 1 fully saturated rings. The zero-order valence-corrected chi connectivity index (χ0v) is 11.8. The average Bonchev–Trinajstić information content (AvgIpc) is 2.23. The Kier molecular flexibility index (Phi) is 5.44. The molecule has 1 rings (SSSR count). The van der Waals surface area contributed by atoms with Gasteiger partial charge in [-0.15, -0.1) is 0 Å². The molecule has 0 bridgehead atoms. The molecule has 6 heteroatoms. The summed E-state index contributed by atoms with van der Waals surface area (Å²) >= 11 is 0. The molecule has 1 aliphatic rings. The molecule has 2 N–H and O–H groups in total. The Balaban J connectivity index is 2.29. The maximum atomic E-state index is 11.5. The van der Waals surface area contributed by atoms with Crippen LogP contribution >= 0.6 is 0 Å². The van der Waals surface area contributed by atoms with Crippen LogP contribution in [0.5, 0.6) is 0 Å². The van der Waals surface area contributed by atoms with Crippen molar-refractivity contribution < 1.29 is 24.2 Å². The number of carboxylic acid groups (broad SMARTS) is 1. The molecule has 0 aromatic heterocycles. The fourth-order valence-electron chi connectivity index (χ4n) is 2.22. The summed E-state index contributed by atoms with van der Waals surface area (Å²) in [6.45, 7) is 5.92. The Morgan fingerprint density at radius 2 is 2.00 bits per heavy atom. The number of hydrogen-bond acceptors (Lipinski definition) is 4. The van der Waals surface area contributed by atoms with Gasteiger partial charge in [0.2, 0.25) is 0 Å². The highest BCUT2D eigenvalue weighted by atomic mass is 16.7. The van der Waals surface area contributed by atoms with Gasteiger partial charge in [0.25, 0.3) is 0 Å². The van der Waals surface area contributed by atoms with Crippen LogP contribution in [0, 0.1) is 5.92 Å². The molecule has 6 nitrogen and oxygen atoms in total. The first-order valence-electron chi connectivity index (χ1n) is 6.62. The highest BCUT2D eigenvalue weighted by Crippen LogP contribution is 2.26. The fraction of sp³-hybridized carbons (Fsp3) is 0.846. The maximum absolute atomic E-state index is 11.5. The van der Waals surface area contributed by atoms with Crippen molar-refractivity contribution in [2.24, 2.45) is 5.92 Å². The van der Waals surface area contributed by atoms with Gasteiger partial charge in [-0.25, -0.2) is 9.59 Å². The van der Waals surface area contributed by atoms with E-state index in [1.165, 1.54) is 0 Å². The first kappa shape index (κ1) is 15.6. The highest BCUT2D eigenvalue weighted by molar-refractivity contribution is 5.67. The van der Waals surface area contributed by atoms with E-state index in [0.717, 1.165) is 19.3 Å². The third-order valence-corrected chi connectivity index (χ3v) is 2.94.